The minimum Gasteiger partial charge on any atom is -0.322 e. The molecule has 0 bridgehead atoms. The van der Waals surface area contributed by atoms with Crippen molar-refractivity contribution in [3.63, 3.8) is 0 Å². The van der Waals surface area contributed by atoms with Crippen molar-refractivity contribution in [3.05, 3.63) is 64.4 Å². The van der Waals surface area contributed by atoms with Crippen molar-refractivity contribution in [2.75, 3.05) is 5.32 Å². The Kier molecular flexibility index (Phi) is 5.00. The fraction of sp³-hybridized carbons (Fsp3) is 0.158. The van der Waals surface area contributed by atoms with E-state index in [2.05, 4.69) is 43.5 Å². The second-order valence-corrected chi connectivity index (χ2v) is 7.79. The Morgan fingerprint density at radius 1 is 1.19 bits per heavy atom. The molecule has 1 N–H and O–H groups in total. The largest absolute Gasteiger partial charge is 0.322 e. The number of aryl methyl sites for hydroxylation is 1. The van der Waals surface area contributed by atoms with Crippen LogP contribution in [0.2, 0.25) is 0 Å². The van der Waals surface area contributed by atoms with E-state index in [1.54, 1.807) is 10.6 Å². The smallest absolute Gasteiger partial charge is 0.256 e. The molecular formula is C19H16BrN5OS. The SMILES string of the molecule is CCCc1nnc2sc(-c3cccc(NC(=O)c4ccccc4Br)c3)nn12. The Labute approximate surface area is 168 Å². The van der Waals surface area contributed by atoms with Crippen LogP contribution in [0.25, 0.3) is 15.5 Å². The highest BCUT2D eigenvalue weighted by atomic mass is 79.9. The topological polar surface area (TPSA) is 72.2 Å². The molecule has 0 spiro atoms. The summed E-state index contributed by atoms with van der Waals surface area (Å²) in [6.07, 6.45) is 1.83. The second-order valence-electron chi connectivity index (χ2n) is 5.98. The van der Waals surface area contributed by atoms with E-state index < -0.39 is 0 Å². The zero-order valence-corrected chi connectivity index (χ0v) is 16.9. The van der Waals surface area contributed by atoms with Crippen molar-refractivity contribution in [1.82, 2.24) is 19.8 Å². The molecule has 4 rings (SSSR count). The van der Waals surface area contributed by atoms with E-state index >= 15 is 0 Å². The molecule has 0 atom stereocenters. The molecule has 0 aliphatic heterocycles. The fourth-order valence-corrected chi connectivity index (χ4v) is 4.05. The summed E-state index contributed by atoms with van der Waals surface area (Å²) in [6, 6.07) is 15.0. The molecule has 4 aromatic rings. The molecule has 27 heavy (non-hydrogen) atoms. The molecule has 8 heteroatoms. The molecule has 2 heterocycles. The van der Waals surface area contributed by atoms with E-state index in [0.29, 0.717) is 11.3 Å². The van der Waals surface area contributed by atoms with Crippen LogP contribution in [0.15, 0.2) is 53.0 Å². The van der Waals surface area contributed by atoms with Crippen LogP contribution in [-0.4, -0.2) is 25.7 Å². The first-order valence-corrected chi connectivity index (χ1v) is 10.1. The lowest BCUT2D eigenvalue weighted by molar-refractivity contribution is 0.102. The molecule has 2 aromatic carbocycles. The molecule has 0 saturated heterocycles. The van der Waals surface area contributed by atoms with Crippen molar-refractivity contribution in [1.29, 1.82) is 0 Å². The predicted molar refractivity (Wildman–Crippen MR) is 110 cm³/mol. The maximum absolute atomic E-state index is 12.5. The van der Waals surface area contributed by atoms with Crippen LogP contribution < -0.4 is 5.32 Å². The number of fused-ring (bicyclic) bond motifs is 1. The number of rotatable bonds is 5. The normalized spacial score (nSPS) is 11.0. The summed E-state index contributed by atoms with van der Waals surface area (Å²) in [7, 11) is 0. The highest BCUT2D eigenvalue weighted by Gasteiger charge is 2.14. The van der Waals surface area contributed by atoms with Crippen molar-refractivity contribution in [2.24, 2.45) is 0 Å². The zero-order chi connectivity index (χ0) is 18.8. The second kappa shape index (κ2) is 7.58. The first-order valence-electron chi connectivity index (χ1n) is 8.53. The van der Waals surface area contributed by atoms with Crippen molar-refractivity contribution in [2.45, 2.75) is 19.8 Å². The van der Waals surface area contributed by atoms with Crippen LogP contribution in [0.4, 0.5) is 5.69 Å². The Morgan fingerprint density at radius 2 is 2.04 bits per heavy atom. The van der Waals surface area contributed by atoms with Gasteiger partial charge in [-0.1, -0.05) is 42.5 Å². The van der Waals surface area contributed by atoms with Crippen LogP contribution in [0.3, 0.4) is 0 Å². The Bertz CT molecular complexity index is 1120. The van der Waals surface area contributed by atoms with Crippen LogP contribution in [-0.2, 0) is 6.42 Å². The van der Waals surface area contributed by atoms with Gasteiger partial charge in [-0.3, -0.25) is 4.79 Å². The highest BCUT2D eigenvalue weighted by Crippen LogP contribution is 2.28. The zero-order valence-electron chi connectivity index (χ0n) is 14.5. The Balaban J connectivity index is 1.61. The first kappa shape index (κ1) is 17.8. The predicted octanol–water partition coefficient (Wildman–Crippen LogP) is 4.82. The molecular weight excluding hydrogens is 426 g/mol. The van der Waals surface area contributed by atoms with E-state index in [1.165, 1.54) is 11.3 Å². The van der Waals surface area contributed by atoms with Gasteiger partial charge in [-0.2, -0.15) is 9.61 Å². The molecule has 0 fully saturated rings. The average Bonchev–Trinajstić information content (AvgIpc) is 3.24. The number of nitrogens with one attached hydrogen (secondary N) is 1. The van der Waals surface area contributed by atoms with Gasteiger partial charge in [0, 0.05) is 22.1 Å². The van der Waals surface area contributed by atoms with Gasteiger partial charge in [-0.05, 0) is 46.6 Å². The summed E-state index contributed by atoms with van der Waals surface area (Å²) in [5.74, 6) is 0.705. The van der Waals surface area contributed by atoms with Crippen LogP contribution in [0.1, 0.15) is 29.5 Å². The maximum atomic E-state index is 12.5. The molecule has 6 nitrogen and oxygen atoms in total. The number of halogens is 1. The Morgan fingerprint density at radius 3 is 2.85 bits per heavy atom. The lowest BCUT2D eigenvalue weighted by Crippen LogP contribution is -2.12. The number of benzene rings is 2. The molecule has 0 unspecified atom stereocenters. The van der Waals surface area contributed by atoms with Gasteiger partial charge in [0.15, 0.2) is 5.82 Å². The first-order chi connectivity index (χ1) is 13.2. The number of anilines is 1. The number of nitrogens with zero attached hydrogens (tertiary/aromatic N) is 4. The van der Waals surface area contributed by atoms with Crippen LogP contribution in [0, 0.1) is 0 Å². The van der Waals surface area contributed by atoms with Crippen LogP contribution >= 0.6 is 27.3 Å². The lowest BCUT2D eigenvalue weighted by Gasteiger charge is -2.07. The molecule has 0 saturated carbocycles. The summed E-state index contributed by atoms with van der Waals surface area (Å²) >= 11 is 4.89. The number of hydrogen-bond donors (Lipinski definition) is 1. The average molecular weight is 442 g/mol. The quantitative estimate of drug-likeness (QED) is 0.481. The summed E-state index contributed by atoms with van der Waals surface area (Å²) < 4.78 is 2.56. The monoisotopic (exact) mass is 441 g/mol. The van der Waals surface area contributed by atoms with Crippen LogP contribution in [0.5, 0.6) is 0 Å². The number of amides is 1. The molecule has 1 amide bonds. The van der Waals surface area contributed by atoms with Gasteiger partial charge in [0.05, 0.1) is 5.56 Å². The third-order valence-electron chi connectivity index (χ3n) is 4.01. The lowest BCUT2D eigenvalue weighted by atomic mass is 10.2. The number of carbonyl (C=O) groups is 1. The molecule has 2 aromatic heterocycles. The minimum absolute atomic E-state index is 0.164. The van der Waals surface area contributed by atoms with Crippen molar-refractivity contribution < 1.29 is 4.79 Å². The van der Waals surface area contributed by atoms with Gasteiger partial charge in [0.25, 0.3) is 5.91 Å². The van der Waals surface area contributed by atoms with E-state index in [0.717, 1.165) is 38.7 Å². The molecule has 0 radical (unpaired) electrons. The molecule has 136 valence electrons. The Hall–Kier alpha value is -2.58. The van der Waals surface area contributed by atoms with Crippen molar-refractivity contribution in [3.8, 4) is 10.6 Å². The summed E-state index contributed by atoms with van der Waals surface area (Å²) in [5, 5.41) is 16.8. The van der Waals surface area contributed by atoms with Crippen molar-refractivity contribution >= 4 is 43.8 Å². The summed E-state index contributed by atoms with van der Waals surface area (Å²) in [4.78, 5) is 13.3. The van der Waals surface area contributed by atoms with Gasteiger partial charge in [0.2, 0.25) is 4.96 Å². The molecule has 0 aliphatic rings. The maximum Gasteiger partial charge on any atom is 0.256 e. The van der Waals surface area contributed by atoms with E-state index in [-0.39, 0.29) is 5.91 Å². The minimum atomic E-state index is -0.164. The fourth-order valence-electron chi connectivity index (χ4n) is 2.73. The van der Waals surface area contributed by atoms with Gasteiger partial charge in [-0.15, -0.1) is 10.2 Å². The van der Waals surface area contributed by atoms with Gasteiger partial charge in [0.1, 0.15) is 5.01 Å². The van der Waals surface area contributed by atoms with E-state index in [4.69, 9.17) is 0 Å². The summed E-state index contributed by atoms with van der Waals surface area (Å²) in [5.41, 5.74) is 2.23. The third kappa shape index (κ3) is 3.63. The third-order valence-corrected chi connectivity index (χ3v) is 5.65. The molecule has 0 aliphatic carbocycles. The van der Waals surface area contributed by atoms with E-state index in [1.807, 2.05) is 42.5 Å². The standard InChI is InChI=1S/C19H16BrN5OS/c1-2-6-16-22-23-19-25(16)24-18(27-19)12-7-5-8-13(11-12)21-17(26)14-9-3-4-10-15(14)20/h3-5,7-11H,2,6H2,1H3,(H,21,26). The number of hydrogen-bond acceptors (Lipinski definition) is 5. The van der Waals surface area contributed by atoms with Gasteiger partial charge >= 0.3 is 0 Å². The number of aromatic nitrogens is 4. The van der Waals surface area contributed by atoms with Gasteiger partial charge in [-0.25, -0.2) is 0 Å². The number of carbonyl (C=O) groups excluding carboxylic acids is 1. The van der Waals surface area contributed by atoms with Gasteiger partial charge < -0.3 is 5.32 Å². The highest BCUT2D eigenvalue weighted by molar-refractivity contribution is 9.10. The van der Waals surface area contributed by atoms with E-state index in [9.17, 15) is 4.79 Å². The summed E-state index contributed by atoms with van der Waals surface area (Å²) in [6.45, 7) is 2.10.